The van der Waals surface area contributed by atoms with Crippen LogP contribution in [0.5, 0.6) is 0 Å². The first-order chi connectivity index (χ1) is 15.7. The first-order valence-electron chi connectivity index (χ1n) is 8.88. The number of rotatable bonds is 10. The van der Waals surface area contributed by atoms with Gasteiger partial charge in [0.1, 0.15) is 18.3 Å². The van der Waals surface area contributed by atoms with Crippen LogP contribution >= 0.6 is 23.5 Å². The van der Waals surface area contributed by atoms with Crippen LogP contribution in [0.25, 0.3) is 11.2 Å². The van der Waals surface area contributed by atoms with Crippen LogP contribution in [0.2, 0.25) is 0 Å². The van der Waals surface area contributed by atoms with Crippen molar-refractivity contribution in [1.82, 2.24) is 19.5 Å². The third-order valence-electron chi connectivity index (χ3n) is 4.37. The Kier molecular flexibility index (Phi) is 7.82. The molecule has 22 heteroatoms. The maximum absolute atomic E-state index is 12.0. The molecule has 19 nitrogen and oxygen atoms in total. The fourth-order valence-electron chi connectivity index (χ4n) is 3.20. The van der Waals surface area contributed by atoms with Gasteiger partial charge in [-0.15, -0.1) is 0 Å². The van der Waals surface area contributed by atoms with Crippen molar-refractivity contribution in [1.29, 1.82) is 0 Å². The fraction of sp³-hybridized carbons (Fsp3) is 0.583. The number of hydrogen-bond acceptors (Lipinski definition) is 13. The fourth-order valence-corrected chi connectivity index (χ4v) is 6.23. The molecule has 0 amide bonds. The molecule has 0 aromatic carbocycles. The van der Waals surface area contributed by atoms with E-state index >= 15 is 0 Å². The highest BCUT2D eigenvalue weighted by atomic mass is 31.3. The zero-order valence-electron chi connectivity index (χ0n) is 17.2. The van der Waals surface area contributed by atoms with Gasteiger partial charge in [0.25, 0.3) is 5.56 Å². The number of nitrogens with one attached hydrogen (secondary N) is 1. The lowest BCUT2D eigenvalue weighted by Gasteiger charge is -2.22. The molecule has 34 heavy (non-hydrogen) atoms. The Hall–Kier alpha value is -1.56. The zero-order valence-corrected chi connectivity index (χ0v) is 19.9. The third kappa shape index (κ3) is 6.16. The molecular weight excluding hydrogens is 531 g/mol. The number of aromatic nitrogens is 4. The monoisotopic (exact) mass is 551 g/mol. The lowest BCUT2D eigenvalue weighted by Crippen LogP contribution is -2.37. The Morgan fingerprint density at radius 1 is 1.12 bits per heavy atom. The zero-order chi connectivity index (χ0) is 25.5. The van der Waals surface area contributed by atoms with Crippen molar-refractivity contribution in [3.8, 4) is 0 Å². The minimum Gasteiger partial charge on any atom is -0.376 e. The number of phosphoric acid groups is 3. The summed E-state index contributed by atoms with van der Waals surface area (Å²) in [4.78, 5) is 58.4. The van der Waals surface area contributed by atoms with Gasteiger partial charge in [0, 0.05) is 14.2 Å². The molecule has 1 saturated heterocycles. The second-order valence-electron chi connectivity index (χ2n) is 6.63. The second-order valence-corrected chi connectivity index (χ2v) is 11.0. The molecule has 7 N–H and O–H groups in total. The van der Waals surface area contributed by atoms with E-state index in [0.717, 1.165) is 0 Å². The summed E-state index contributed by atoms with van der Waals surface area (Å²) >= 11 is 0. The largest absolute Gasteiger partial charge is 0.490 e. The minimum atomic E-state index is -5.69. The van der Waals surface area contributed by atoms with E-state index in [1.54, 1.807) is 0 Å². The number of fused-ring (bicyclic) bond motifs is 1. The van der Waals surface area contributed by atoms with Crippen LogP contribution in [-0.2, 0) is 41.1 Å². The number of methoxy groups -OCH3 is 2. The predicted molar refractivity (Wildman–Crippen MR) is 108 cm³/mol. The van der Waals surface area contributed by atoms with E-state index in [1.807, 2.05) is 0 Å². The summed E-state index contributed by atoms with van der Waals surface area (Å²) < 4.78 is 64.0. The van der Waals surface area contributed by atoms with Gasteiger partial charge in [-0.25, -0.2) is 18.7 Å². The van der Waals surface area contributed by atoms with Crippen LogP contribution in [0.3, 0.4) is 0 Å². The van der Waals surface area contributed by atoms with Crippen LogP contribution in [0.1, 0.15) is 6.23 Å². The van der Waals surface area contributed by atoms with Crippen molar-refractivity contribution >= 4 is 40.6 Å². The molecule has 0 spiro atoms. The number of anilines is 1. The first-order valence-corrected chi connectivity index (χ1v) is 13.4. The molecule has 6 atom stereocenters. The van der Waals surface area contributed by atoms with Gasteiger partial charge in [0.15, 0.2) is 17.4 Å². The maximum Gasteiger partial charge on any atom is 0.490 e. The smallest absolute Gasteiger partial charge is 0.376 e. The summed E-state index contributed by atoms with van der Waals surface area (Å²) in [5.74, 6) is -0.196. The Bertz CT molecular complexity index is 1240. The number of aromatic amines is 1. The number of phosphoric ester groups is 1. The molecule has 3 rings (SSSR count). The van der Waals surface area contributed by atoms with Gasteiger partial charge in [-0.05, 0) is 0 Å². The molecule has 1 aliphatic rings. The van der Waals surface area contributed by atoms with Gasteiger partial charge in [-0.1, -0.05) is 0 Å². The molecule has 1 fully saturated rings. The van der Waals surface area contributed by atoms with Crippen molar-refractivity contribution < 1.29 is 60.6 Å². The standard InChI is InChI=1S/C12H20N5O14P3/c1-26-7-5(3-28-33(22,23)31-34(24,25)30-32(19,20)21)29-11(8(7)27-2)17-4-14-6-9(17)15-12(13)16-10(6)18/h4-5,7-8,11H,3H2,1-2H3,(H,22,23)(H,24,25)(H2,19,20,21)(H3,13,15,16,18)/t5-,7?,8?,11-/m1/s1. The van der Waals surface area contributed by atoms with Crippen LogP contribution in [0, 0.1) is 0 Å². The quantitative estimate of drug-likeness (QED) is 0.193. The normalized spacial score (nSPS) is 27.0. The van der Waals surface area contributed by atoms with E-state index in [1.165, 1.54) is 25.1 Å². The summed E-state index contributed by atoms with van der Waals surface area (Å²) in [6.45, 7) is -0.790. The van der Waals surface area contributed by atoms with Gasteiger partial charge in [0.2, 0.25) is 5.95 Å². The first kappa shape index (κ1) is 27.0. The second kappa shape index (κ2) is 9.83. The molecule has 2 aromatic heterocycles. The number of nitrogen functional groups attached to an aromatic ring is 1. The van der Waals surface area contributed by atoms with E-state index in [4.69, 9.17) is 29.7 Å². The average molecular weight is 551 g/mol. The van der Waals surface area contributed by atoms with Crippen LogP contribution < -0.4 is 11.3 Å². The van der Waals surface area contributed by atoms with Crippen molar-refractivity contribution in [3.63, 3.8) is 0 Å². The average Bonchev–Trinajstić information content (AvgIpc) is 3.23. The highest BCUT2D eigenvalue weighted by Gasteiger charge is 2.49. The maximum atomic E-state index is 12.0. The Morgan fingerprint density at radius 2 is 1.76 bits per heavy atom. The predicted octanol–water partition coefficient (Wildman–Crippen LogP) is -1.03. The highest BCUT2D eigenvalue weighted by molar-refractivity contribution is 7.66. The van der Waals surface area contributed by atoms with E-state index in [2.05, 4.69) is 28.1 Å². The SMILES string of the molecule is COC1C(OC)[C@@H](COP(=O)(O)OP(=O)(O)OP(=O)(O)O)O[C@H]1n1cnc2c(=O)[nH]c(N)nc21. The lowest BCUT2D eigenvalue weighted by molar-refractivity contribution is -0.0577. The van der Waals surface area contributed by atoms with E-state index in [-0.39, 0.29) is 17.1 Å². The summed E-state index contributed by atoms with van der Waals surface area (Å²) in [5.41, 5.74) is 4.96. The number of nitrogens with two attached hydrogens (primary N) is 1. The van der Waals surface area contributed by atoms with Crippen molar-refractivity contribution in [2.45, 2.75) is 24.5 Å². The van der Waals surface area contributed by atoms with Gasteiger partial charge >= 0.3 is 23.5 Å². The van der Waals surface area contributed by atoms with Crippen molar-refractivity contribution in [2.75, 3.05) is 26.6 Å². The molecule has 2 aromatic rings. The molecule has 3 heterocycles. The lowest BCUT2D eigenvalue weighted by atomic mass is 10.1. The van der Waals surface area contributed by atoms with Crippen LogP contribution in [-0.4, -0.2) is 78.2 Å². The van der Waals surface area contributed by atoms with Crippen molar-refractivity contribution in [3.05, 3.63) is 16.7 Å². The van der Waals surface area contributed by atoms with Crippen LogP contribution in [0.4, 0.5) is 5.95 Å². The Balaban J connectivity index is 1.80. The number of ether oxygens (including phenoxy) is 3. The van der Waals surface area contributed by atoms with Gasteiger partial charge in [0.05, 0.1) is 12.9 Å². The van der Waals surface area contributed by atoms with Gasteiger partial charge in [-0.3, -0.25) is 18.9 Å². The molecule has 0 bridgehead atoms. The highest BCUT2D eigenvalue weighted by Crippen LogP contribution is 2.66. The third-order valence-corrected chi connectivity index (χ3v) is 8.18. The summed E-state index contributed by atoms with van der Waals surface area (Å²) in [5, 5.41) is 0. The number of H-pyrrole nitrogens is 1. The van der Waals surface area contributed by atoms with Crippen molar-refractivity contribution in [2.24, 2.45) is 0 Å². The number of imidazole rings is 1. The summed E-state index contributed by atoms with van der Waals surface area (Å²) in [7, 11) is -14.0. The number of nitrogens with zero attached hydrogens (tertiary/aromatic N) is 3. The topological polar surface area (TPSA) is 277 Å². The summed E-state index contributed by atoms with van der Waals surface area (Å²) in [6.07, 6.45) is -2.86. The molecule has 0 aliphatic carbocycles. The molecule has 0 radical (unpaired) electrons. The van der Waals surface area contributed by atoms with Gasteiger partial charge in [-0.2, -0.15) is 13.6 Å². The molecule has 4 unspecified atom stereocenters. The number of hydrogen-bond donors (Lipinski definition) is 6. The molecule has 1 aliphatic heterocycles. The van der Waals surface area contributed by atoms with E-state index in [0.29, 0.717) is 0 Å². The summed E-state index contributed by atoms with van der Waals surface area (Å²) in [6, 6.07) is 0. The van der Waals surface area contributed by atoms with E-state index in [9.17, 15) is 28.3 Å². The Morgan fingerprint density at radius 3 is 2.35 bits per heavy atom. The molecule has 192 valence electrons. The minimum absolute atomic E-state index is 0.0386. The Labute approximate surface area is 189 Å². The molecular formula is C12H20N5O14P3. The van der Waals surface area contributed by atoms with E-state index < -0.39 is 60.2 Å². The molecule has 0 saturated carbocycles. The van der Waals surface area contributed by atoms with Gasteiger partial charge < -0.3 is 39.5 Å². The van der Waals surface area contributed by atoms with Crippen LogP contribution in [0.15, 0.2) is 11.1 Å².